The van der Waals surface area contributed by atoms with Crippen molar-refractivity contribution in [2.24, 2.45) is 11.8 Å². The average Bonchev–Trinajstić information content (AvgIpc) is 2.46. The second-order valence-electron chi connectivity index (χ2n) is 5.70. The summed E-state index contributed by atoms with van der Waals surface area (Å²) in [5.74, 6) is 1.36. The third kappa shape index (κ3) is 3.56. The molecule has 1 nitrogen and oxygen atoms in total. The number of hydrogen-bond acceptors (Lipinski definition) is 1. The molecular formula is C17H26FN. The molecule has 3 atom stereocenters. The maximum absolute atomic E-state index is 13.1. The molecule has 0 heterocycles. The average molecular weight is 263 g/mol. The van der Waals surface area contributed by atoms with Gasteiger partial charge in [0.05, 0.1) is 0 Å². The molecule has 1 aromatic carbocycles. The van der Waals surface area contributed by atoms with Crippen molar-refractivity contribution in [3.05, 3.63) is 35.6 Å². The molecule has 3 unspecified atom stereocenters. The number of benzene rings is 1. The van der Waals surface area contributed by atoms with Crippen LogP contribution in [0, 0.1) is 17.7 Å². The predicted octanol–water partition coefficient (Wildman–Crippen LogP) is 4.69. The van der Waals surface area contributed by atoms with Crippen LogP contribution in [-0.2, 0) is 0 Å². The van der Waals surface area contributed by atoms with Crippen molar-refractivity contribution in [2.75, 3.05) is 6.54 Å². The highest BCUT2D eigenvalue weighted by molar-refractivity contribution is 5.21. The van der Waals surface area contributed by atoms with Crippen LogP contribution in [0.5, 0.6) is 0 Å². The van der Waals surface area contributed by atoms with Gasteiger partial charge in [0.25, 0.3) is 0 Å². The van der Waals surface area contributed by atoms with Crippen LogP contribution >= 0.6 is 0 Å². The van der Waals surface area contributed by atoms with Crippen LogP contribution in [-0.4, -0.2) is 6.54 Å². The molecule has 0 aliphatic heterocycles. The maximum Gasteiger partial charge on any atom is 0.123 e. The summed E-state index contributed by atoms with van der Waals surface area (Å²) in [6.45, 7) is 5.42. The lowest BCUT2D eigenvalue weighted by Crippen LogP contribution is -2.34. The lowest BCUT2D eigenvalue weighted by Gasteiger charge is -2.37. The normalized spacial score (nSPS) is 25.2. The second kappa shape index (κ2) is 7.04. The number of nitrogens with one attached hydrogen (secondary N) is 1. The minimum atomic E-state index is -0.144. The van der Waals surface area contributed by atoms with E-state index in [-0.39, 0.29) is 5.82 Å². The summed E-state index contributed by atoms with van der Waals surface area (Å²) in [7, 11) is 0. The van der Waals surface area contributed by atoms with Gasteiger partial charge in [-0.15, -0.1) is 0 Å². The summed E-state index contributed by atoms with van der Waals surface area (Å²) in [5.41, 5.74) is 1.24. The Bertz CT molecular complexity index is 373. The quantitative estimate of drug-likeness (QED) is 0.812. The summed E-state index contributed by atoms with van der Waals surface area (Å²) in [4.78, 5) is 0. The van der Waals surface area contributed by atoms with Gasteiger partial charge < -0.3 is 5.32 Å². The number of hydrogen-bond donors (Lipinski definition) is 1. The van der Waals surface area contributed by atoms with Crippen molar-refractivity contribution >= 4 is 0 Å². The molecule has 1 saturated carbocycles. The monoisotopic (exact) mass is 263 g/mol. The fourth-order valence-corrected chi connectivity index (χ4v) is 3.59. The Morgan fingerprint density at radius 1 is 1.16 bits per heavy atom. The van der Waals surface area contributed by atoms with Crippen LogP contribution < -0.4 is 5.32 Å². The van der Waals surface area contributed by atoms with Crippen molar-refractivity contribution in [1.29, 1.82) is 0 Å². The Labute approximate surface area is 116 Å². The first-order valence-electron chi connectivity index (χ1n) is 7.75. The van der Waals surface area contributed by atoms with Crippen LogP contribution in [0.2, 0.25) is 0 Å². The van der Waals surface area contributed by atoms with Gasteiger partial charge in [-0.1, -0.05) is 51.7 Å². The number of halogens is 1. The fraction of sp³-hybridized carbons (Fsp3) is 0.647. The zero-order valence-corrected chi connectivity index (χ0v) is 12.2. The first kappa shape index (κ1) is 14.5. The molecule has 0 aromatic heterocycles. The van der Waals surface area contributed by atoms with Gasteiger partial charge in [-0.25, -0.2) is 4.39 Å². The van der Waals surface area contributed by atoms with Crippen LogP contribution in [0.15, 0.2) is 24.3 Å². The van der Waals surface area contributed by atoms with Gasteiger partial charge in [-0.05, 0) is 42.5 Å². The van der Waals surface area contributed by atoms with Gasteiger partial charge in [-0.3, -0.25) is 0 Å². The third-order valence-electron chi connectivity index (χ3n) is 4.57. The van der Waals surface area contributed by atoms with Crippen molar-refractivity contribution in [3.8, 4) is 0 Å². The highest BCUT2D eigenvalue weighted by Crippen LogP contribution is 2.40. The summed E-state index contributed by atoms with van der Waals surface area (Å²) >= 11 is 0. The van der Waals surface area contributed by atoms with Crippen LogP contribution in [0.25, 0.3) is 0 Å². The Hall–Kier alpha value is -0.890. The van der Waals surface area contributed by atoms with Gasteiger partial charge in [0.15, 0.2) is 0 Å². The van der Waals surface area contributed by atoms with E-state index in [0.717, 1.165) is 12.5 Å². The van der Waals surface area contributed by atoms with Crippen LogP contribution in [0.1, 0.15) is 57.6 Å². The smallest absolute Gasteiger partial charge is 0.123 e. The molecular weight excluding hydrogens is 237 g/mol. The molecule has 1 aromatic rings. The summed E-state index contributed by atoms with van der Waals surface area (Å²) in [5, 5.41) is 3.63. The molecule has 2 rings (SSSR count). The summed E-state index contributed by atoms with van der Waals surface area (Å²) in [6.07, 6.45) is 6.62. The Morgan fingerprint density at radius 3 is 2.47 bits per heavy atom. The molecule has 0 saturated heterocycles. The topological polar surface area (TPSA) is 12.0 Å². The lowest BCUT2D eigenvalue weighted by atomic mass is 9.72. The predicted molar refractivity (Wildman–Crippen MR) is 78.6 cm³/mol. The van der Waals surface area contributed by atoms with E-state index in [1.54, 1.807) is 12.1 Å². The van der Waals surface area contributed by atoms with E-state index in [1.807, 2.05) is 12.1 Å². The first-order chi connectivity index (χ1) is 9.26. The van der Waals surface area contributed by atoms with Crippen LogP contribution in [0.4, 0.5) is 4.39 Å². The number of rotatable bonds is 5. The molecule has 1 aliphatic rings. The molecule has 2 heteroatoms. The zero-order chi connectivity index (χ0) is 13.7. The van der Waals surface area contributed by atoms with Gasteiger partial charge in [0.1, 0.15) is 5.82 Å². The van der Waals surface area contributed by atoms with Crippen molar-refractivity contribution < 1.29 is 4.39 Å². The van der Waals surface area contributed by atoms with E-state index in [2.05, 4.69) is 19.2 Å². The fourth-order valence-electron chi connectivity index (χ4n) is 3.59. The molecule has 106 valence electrons. The van der Waals surface area contributed by atoms with Gasteiger partial charge in [0.2, 0.25) is 0 Å². The minimum Gasteiger partial charge on any atom is -0.310 e. The minimum absolute atomic E-state index is 0.144. The highest BCUT2D eigenvalue weighted by atomic mass is 19.1. The molecule has 19 heavy (non-hydrogen) atoms. The summed E-state index contributed by atoms with van der Waals surface area (Å²) < 4.78 is 13.1. The van der Waals surface area contributed by atoms with Crippen molar-refractivity contribution in [1.82, 2.24) is 5.32 Å². The van der Waals surface area contributed by atoms with E-state index >= 15 is 0 Å². The Kier molecular flexibility index (Phi) is 5.38. The lowest BCUT2D eigenvalue weighted by molar-refractivity contribution is 0.176. The van der Waals surface area contributed by atoms with Crippen LogP contribution in [0.3, 0.4) is 0 Å². The maximum atomic E-state index is 13.1. The molecule has 1 N–H and O–H groups in total. The van der Waals surface area contributed by atoms with E-state index in [4.69, 9.17) is 0 Å². The SMILES string of the molecule is CCNC(c1ccc(F)cc1)C1CCCCC1CC. The van der Waals surface area contributed by atoms with Gasteiger partial charge in [0, 0.05) is 6.04 Å². The first-order valence-corrected chi connectivity index (χ1v) is 7.75. The largest absolute Gasteiger partial charge is 0.310 e. The Morgan fingerprint density at radius 2 is 1.84 bits per heavy atom. The standard InChI is InChI=1S/C17H26FN/c1-3-13-7-5-6-8-16(13)17(19-4-2)14-9-11-15(18)12-10-14/h9-13,16-17,19H,3-8H2,1-2H3. The molecule has 0 bridgehead atoms. The van der Waals surface area contributed by atoms with Crippen molar-refractivity contribution in [2.45, 2.75) is 52.0 Å². The molecule has 0 amide bonds. The third-order valence-corrected chi connectivity index (χ3v) is 4.57. The highest BCUT2D eigenvalue weighted by Gasteiger charge is 2.31. The molecule has 0 spiro atoms. The second-order valence-corrected chi connectivity index (χ2v) is 5.70. The Balaban J connectivity index is 2.20. The molecule has 1 fully saturated rings. The van der Waals surface area contributed by atoms with Gasteiger partial charge >= 0.3 is 0 Å². The van der Waals surface area contributed by atoms with E-state index < -0.39 is 0 Å². The molecule has 0 radical (unpaired) electrons. The zero-order valence-electron chi connectivity index (χ0n) is 12.2. The van der Waals surface area contributed by atoms with Crippen molar-refractivity contribution in [3.63, 3.8) is 0 Å². The van der Waals surface area contributed by atoms with E-state index in [9.17, 15) is 4.39 Å². The van der Waals surface area contributed by atoms with E-state index in [0.29, 0.717) is 12.0 Å². The summed E-state index contributed by atoms with van der Waals surface area (Å²) in [6, 6.07) is 7.46. The van der Waals surface area contributed by atoms with E-state index in [1.165, 1.54) is 37.7 Å². The van der Waals surface area contributed by atoms with Gasteiger partial charge in [-0.2, -0.15) is 0 Å². The molecule has 1 aliphatic carbocycles.